The molecule has 1 amide bonds. The molecule has 1 saturated carbocycles. The van der Waals surface area contributed by atoms with E-state index in [1.165, 1.54) is 32.1 Å². The summed E-state index contributed by atoms with van der Waals surface area (Å²) in [4.78, 5) is 12.0. The zero-order chi connectivity index (χ0) is 14.4. The predicted octanol–water partition coefficient (Wildman–Crippen LogP) is 2.84. The molecule has 0 spiro atoms. The highest BCUT2D eigenvalue weighted by Gasteiger charge is 2.23. The molecule has 4 heteroatoms. The van der Waals surface area contributed by atoms with Crippen molar-refractivity contribution in [3.63, 3.8) is 0 Å². The van der Waals surface area contributed by atoms with E-state index in [9.17, 15) is 4.79 Å². The third-order valence-corrected chi connectivity index (χ3v) is 4.32. The number of amides is 1. The molecular formula is C16H26N2O2. The molecule has 1 aromatic rings. The van der Waals surface area contributed by atoms with E-state index in [4.69, 9.17) is 4.42 Å². The average Bonchev–Trinajstić information content (AvgIpc) is 2.98. The van der Waals surface area contributed by atoms with Gasteiger partial charge in [0.1, 0.15) is 5.76 Å². The van der Waals surface area contributed by atoms with Crippen LogP contribution in [0.5, 0.6) is 0 Å². The monoisotopic (exact) mass is 278 g/mol. The molecule has 1 unspecified atom stereocenters. The predicted molar refractivity (Wildman–Crippen MR) is 79.2 cm³/mol. The normalized spacial score (nSPS) is 24.3. The van der Waals surface area contributed by atoms with Crippen molar-refractivity contribution < 1.29 is 9.21 Å². The number of carbonyl (C=O) groups excluding carboxylic acids is 1. The molecule has 4 nitrogen and oxygen atoms in total. The molecular weight excluding hydrogens is 252 g/mol. The van der Waals surface area contributed by atoms with E-state index in [1.54, 1.807) is 6.26 Å². The molecule has 0 aromatic carbocycles. The summed E-state index contributed by atoms with van der Waals surface area (Å²) in [5, 5.41) is 6.35. The summed E-state index contributed by atoms with van der Waals surface area (Å²) in [5.41, 5.74) is 0. The van der Waals surface area contributed by atoms with Crippen LogP contribution in [-0.2, 0) is 11.3 Å². The Bertz CT molecular complexity index is 395. The fourth-order valence-corrected chi connectivity index (χ4v) is 2.91. The maximum atomic E-state index is 12.0. The van der Waals surface area contributed by atoms with Gasteiger partial charge in [0.2, 0.25) is 5.91 Å². The third kappa shape index (κ3) is 4.37. The lowest BCUT2D eigenvalue weighted by Gasteiger charge is -2.30. The van der Waals surface area contributed by atoms with Gasteiger partial charge in [-0.2, -0.15) is 0 Å². The first-order valence-electron chi connectivity index (χ1n) is 7.75. The molecule has 20 heavy (non-hydrogen) atoms. The number of nitrogens with one attached hydrogen (secondary N) is 2. The fraction of sp³-hybridized carbons (Fsp3) is 0.688. The molecule has 0 saturated heterocycles. The molecule has 2 rings (SSSR count). The number of hydrogen-bond donors (Lipinski definition) is 2. The summed E-state index contributed by atoms with van der Waals surface area (Å²) in [6, 6.07) is 4.04. The van der Waals surface area contributed by atoms with Gasteiger partial charge in [-0.25, -0.2) is 0 Å². The third-order valence-electron chi connectivity index (χ3n) is 4.32. The highest BCUT2D eigenvalue weighted by atomic mass is 16.3. The van der Waals surface area contributed by atoms with E-state index in [0.717, 1.165) is 11.7 Å². The first kappa shape index (κ1) is 15.1. The maximum absolute atomic E-state index is 12.0. The van der Waals surface area contributed by atoms with Crippen LogP contribution in [-0.4, -0.2) is 18.0 Å². The molecule has 1 heterocycles. The van der Waals surface area contributed by atoms with Gasteiger partial charge in [0, 0.05) is 6.04 Å². The summed E-state index contributed by atoms with van der Waals surface area (Å²) in [6.45, 7) is 4.66. The molecule has 1 aromatic heterocycles. The Hall–Kier alpha value is -1.29. The minimum Gasteiger partial charge on any atom is -0.467 e. The molecule has 2 N–H and O–H groups in total. The zero-order valence-electron chi connectivity index (χ0n) is 12.5. The largest absolute Gasteiger partial charge is 0.467 e. The van der Waals surface area contributed by atoms with Crippen LogP contribution in [0.25, 0.3) is 0 Å². The highest BCUT2D eigenvalue weighted by Crippen LogP contribution is 2.26. The molecule has 1 aliphatic rings. The van der Waals surface area contributed by atoms with Gasteiger partial charge in [-0.15, -0.1) is 0 Å². The van der Waals surface area contributed by atoms with Gasteiger partial charge in [-0.05, 0) is 50.7 Å². The van der Waals surface area contributed by atoms with Crippen LogP contribution < -0.4 is 10.6 Å². The molecule has 1 fully saturated rings. The van der Waals surface area contributed by atoms with Crippen LogP contribution in [0.15, 0.2) is 22.8 Å². The molecule has 0 bridgehead atoms. The van der Waals surface area contributed by atoms with Crippen LogP contribution in [0.4, 0.5) is 0 Å². The zero-order valence-corrected chi connectivity index (χ0v) is 12.5. The number of carbonyl (C=O) groups is 1. The van der Waals surface area contributed by atoms with Gasteiger partial charge in [0.25, 0.3) is 0 Å². The van der Waals surface area contributed by atoms with Crippen LogP contribution in [0.1, 0.15) is 51.7 Å². The van der Waals surface area contributed by atoms with Gasteiger partial charge in [0.05, 0.1) is 18.8 Å². The van der Waals surface area contributed by atoms with Crippen molar-refractivity contribution in [2.75, 3.05) is 0 Å². The second kappa shape index (κ2) is 7.48. The standard InChI is InChI=1S/C16H26N2O2/c1-3-13-6-8-14(9-7-13)18-12(2)16(19)17-11-15-5-4-10-20-15/h4-5,10,12-14,18H,3,6-9,11H2,1-2H3,(H,17,19). The van der Waals surface area contributed by atoms with E-state index in [2.05, 4.69) is 17.6 Å². The second-order valence-electron chi connectivity index (χ2n) is 5.81. The first-order valence-corrected chi connectivity index (χ1v) is 7.75. The lowest BCUT2D eigenvalue weighted by molar-refractivity contribution is -0.123. The molecule has 1 aliphatic carbocycles. The maximum Gasteiger partial charge on any atom is 0.237 e. The molecule has 0 radical (unpaired) electrons. The summed E-state index contributed by atoms with van der Waals surface area (Å²) in [6.07, 6.45) is 7.85. The van der Waals surface area contributed by atoms with Crippen molar-refractivity contribution in [3.05, 3.63) is 24.2 Å². The molecule has 112 valence electrons. The minimum absolute atomic E-state index is 0.0408. The van der Waals surface area contributed by atoms with Gasteiger partial charge in [-0.1, -0.05) is 13.3 Å². The van der Waals surface area contributed by atoms with Crippen molar-refractivity contribution in [3.8, 4) is 0 Å². The highest BCUT2D eigenvalue weighted by molar-refractivity contribution is 5.81. The van der Waals surface area contributed by atoms with Crippen molar-refractivity contribution in [2.45, 2.75) is 64.6 Å². The van der Waals surface area contributed by atoms with Crippen molar-refractivity contribution in [1.29, 1.82) is 0 Å². The Kier molecular flexibility index (Phi) is 5.65. The Morgan fingerprint density at radius 2 is 2.15 bits per heavy atom. The molecule has 1 atom stereocenters. The summed E-state index contributed by atoms with van der Waals surface area (Å²) in [5.74, 6) is 1.71. The number of furan rings is 1. The van der Waals surface area contributed by atoms with Gasteiger partial charge in [0.15, 0.2) is 0 Å². The SMILES string of the molecule is CCC1CCC(NC(C)C(=O)NCc2ccco2)CC1. The summed E-state index contributed by atoms with van der Waals surface area (Å²) >= 11 is 0. The lowest BCUT2D eigenvalue weighted by atomic mass is 9.84. The van der Waals surface area contributed by atoms with Crippen molar-refractivity contribution >= 4 is 5.91 Å². The second-order valence-corrected chi connectivity index (χ2v) is 5.81. The Morgan fingerprint density at radius 1 is 1.40 bits per heavy atom. The van der Waals surface area contributed by atoms with Gasteiger partial charge >= 0.3 is 0 Å². The van der Waals surface area contributed by atoms with E-state index in [1.807, 2.05) is 19.1 Å². The Morgan fingerprint density at radius 3 is 2.75 bits per heavy atom. The number of hydrogen-bond acceptors (Lipinski definition) is 3. The minimum atomic E-state index is -0.145. The first-order chi connectivity index (χ1) is 9.69. The van der Waals surface area contributed by atoms with Gasteiger partial charge < -0.3 is 15.1 Å². The van der Waals surface area contributed by atoms with E-state index in [0.29, 0.717) is 12.6 Å². The smallest absolute Gasteiger partial charge is 0.237 e. The lowest BCUT2D eigenvalue weighted by Crippen LogP contribution is -2.47. The summed E-state index contributed by atoms with van der Waals surface area (Å²) < 4.78 is 5.20. The summed E-state index contributed by atoms with van der Waals surface area (Å²) in [7, 11) is 0. The Balaban J connectivity index is 1.68. The fourth-order valence-electron chi connectivity index (χ4n) is 2.91. The number of rotatable bonds is 6. The topological polar surface area (TPSA) is 54.3 Å². The van der Waals surface area contributed by atoms with Crippen LogP contribution >= 0.6 is 0 Å². The van der Waals surface area contributed by atoms with E-state index < -0.39 is 0 Å². The van der Waals surface area contributed by atoms with Crippen molar-refractivity contribution in [2.24, 2.45) is 5.92 Å². The van der Waals surface area contributed by atoms with Crippen LogP contribution in [0.2, 0.25) is 0 Å². The quantitative estimate of drug-likeness (QED) is 0.841. The van der Waals surface area contributed by atoms with Crippen LogP contribution in [0, 0.1) is 5.92 Å². The van der Waals surface area contributed by atoms with Gasteiger partial charge in [-0.3, -0.25) is 4.79 Å². The average molecular weight is 278 g/mol. The Labute approximate surface area is 121 Å². The van der Waals surface area contributed by atoms with E-state index in [-0.39, 0.29) is 11.9 Å². The van der Waals surface area contributed by atoms with Crippen LogP contribution in [0.3, 0.4) is 0 Å². The molecule has 0 aliphatic heterocycles. The van der Waals surface area contributed by atoms with Crippen molar-refractivity contribution in [1.82, 2.24) is 10.6 Å². The van der Waals surface area contributed by atoms with E-state index >= 15 is 0 Å².